The van der Waals surface area contributed by atoms with Crippen LogP contribution in [-0.2, 0) is 52.2 Å². The normalized spacial score (nSPS) is 54.9. The molecule has 0 aromatic carbocycles. The summed E-state index contributed by atoms with van der Waals surface area (Å²) in [6.07, 6.45) is -2.26. The van der Waals surface area contributed by atoms with Crippen molar-refractivity contribution in [1.82, 2.24) is 0 Å². The largest absolute Gasteiger partial charge is 0.481 e. The molecule has 0 saturated carbocycles. The van der Waals surface area contributed by atoms with Crippen LogP contribution in [0.15, 0.2) is 0 Å². The Hall–Kier alpha value is -1.09. The maximum absolute atomic E-state index is 11.8. The van der Waals surface area contributed by atoms with Crippen LogP contribution in [0.3, 0.4) is 0 Å². The van der Waals surface area contributed by atoms with Gasteiger partial charge in [0.05, 0.1) is 78.7 Å². The van der Waals surface area contributed by atoms with E-state index in [4.69, 9.17) is 47.4 Å². The fraction of sp³-hybridized carbons (Fsp3) is 0.978. The first-order valence-corrected chi connectivity index (χ1v) is 22.9. The van der Waals surface area contributed by atoms with Crippen LogP contribution in [0.5, 0.6) is 0 Å². The minimum absolute atomic E-state index is 0.00446. The molecule has 16 nitrogen and oxygen atoms in total. The molecule has 0 bridgehead atoms. The highest BCUT2D eigenvalue weighted by Crippen LogP contribution is 2.54. The number of carboxylic acid groups (broad SMARTS) is 1. The van der Waals surface area contributed by atoms with E-state index in [1.165, 1.54) is 14.0 Å². The van der Waals surface area contributed by atoms with Crippen molar-refractivity contribution in [1.29, 1.82) is 0 Å². The van der Waals surface area contributed by atoms with Gasteiger partial charge in [-0.3, -0.25) is 4.79 Å². The predicted molar refractivity (Wildman–Crippen MR) is 217 cm³/mol. The Morgan fingerprint density at radius 2 is 1.54 bits per heavy atom. The van der Waals surface area contributed by atoms with Crippen molar-refractivity contribution in [2.75, 3.05) is 14.2 Å². The summed E-state index contributed by atoms with van der Waals surface area (Å²) in [5.74, 6) is -7.65. The lowest BCUT2D eigenvalue weighted by atomic mass is 9.75. The Balaban J connectivity index is 1.08. The summed E-state index contributed by atoms with van der Waals surface area (Å²) in [6, 6.07) is 0. The first kappa shape index (κ1) is 47.9. The Bertz CT molecular complexity index is 1530. The number of hydrogen-bond acceptors (Lipinski definition) is 15. The van der Waals surface area contributed by atoms with Gasteiger partial charge < -0.3 is 72.9 Å². The minimum Gasteiger partial charge on any atom is -0.481 e. The molecular weight excluding hydrogens is 796 g/mol. The molecule has 352 valence electrons. The van der Waals surface area contributed by atoms with Crippen LogP contribution in [0, 0.1) is 29.6 Å². The lowest BCUT2D eigenvalue weighted by Crippen LogP contribution is -2.65. The number of aliphatic hydroxyl groups is 4. The summed E-state index contributed by atoms with van der Waals surface area (Å²) in [5.41, 5.74) is -1.57. The number of aliphatic hydroxyl groups excluding tert-OH is 2. The van der Waals surface area contributed by atoms with E-state index in [2.05, 4.69) is 13.8 Å². The van der Waals surface area contributed by atoms with Crippen LogP contribution in [0.2, 0.25) is 0 Å². The first-order valence-electron chi connectivity index (χ1n) is 22.9. The summed E-state index contributed by atoms with van der Waals surface area (Å²) < 4.78 is 65.1. The quantitative estimate of drug-likeness (QED) is 0.198. The zero-order valence-electron chi connectivity index (χ0n) is 38.2. The minimum atomic E-state index is -2.15. The standard InChI is InChI=1S/C45H76O16/c1-22-18-23(2)43(9,50)58-36(22)30-19-31(55-34-13-12-29(52-10)27(6)54-34)40(56-30)42(8)15-14-32(57-42)41(7)16-17-44(61-41)20-28(46)24(3)37(59-44)25(4)38-39(53-11)35(49)26(5)45(51,60-38)21-33(47)48/h22-32,34-40,46,49-51H,12-21H2,1-11H3,(H,47,48)/t22?,23?,24?,25?,26?,27?,28?,29?,30?,31?,32?,34?,35?,36?,37?,38?,39?,40?,41-,42-,43-,44+,45+/m0/s1. The maximum atomic E-state index is 11.8. The van der Waals surface area contributed by atoms with Gasteiger partial charge in [-0.2, -0.15) is 0 Å². The van der Waals surface area contributed by atoms with E-state index >= 15 is 0 Å². The van der Waals surface area contributed by atoms with Gasteiger partial charge in [0.1, 0.15) is 12.2 Å². The highest BCUT2D eigenvalue weighted by Gasteiger charge is 2.63. The van der Waals surface area contributed by atoms with Crippen molar-refractivity contribution in [2.24, 2.45) is 29.6 Å². The van der Waals surface area contributed by atoms with Crippen molar-refractivity contribution >= 4 is 5.97 Å². The van der Waals surface area contributed by atoms with E-state index < -0.39 is 102 Å². The molecular formula is C45H76O16. The van der Waals surface area contributed by atoms with E-state index in [0.29, 0.717) is 38.5 Å². The van der Waals surface area contributed by atoms with Gasteiger partial charge in [0.25, 0.3) is 0 Å². The Morgan fingerprint density at radius 1 is 0.820 bits per heavy atom. The highest BCUT2D eigenvalue weighted by molar-refractivity contribution is 5.68. The van der Waals surface area contributed by atoms with Crippen molar-refractivity contribution in [3.63, 3.8) is 0 Å². The highest BCUT2D eigenvalue weighted by atomic mass is 16.7. The molecule has 18 unspecified atom stereocenters. The Morgan fingerprint density at radius 3 is 2.20 bits per heavy atom. The van der Waals surface area contributed by atoms with E-state index in [0.717, 1.165) is 12.8 Å². The zero-order valence-corrected chi connectivity index (χ0v) is 38.2. The third-order valence-electron chi connectivity index (χ3n) is 16.2. The fourth-order valence-electron chi connectivity index (χ4n) is 12.0. The average molecular weight is 873 g/mol. The number of carboxylic acids is 1. The molecule has 7 aliphatic heterocycles. The summed E-state index contributed by atoms with van der Waals surface area (Å²) in [4.78, 5) is 11.8. The van der Waals surface area contributed by atoms with Gasteiger partial charge in [0.2, 0.25) is 0 Å². The van der Waals surface area contributed by atoms with Crippen LogP contribution in [0.4, 0.5) is 0 Å². The summed E-state index contributed by atoms with van der Waals surface area (Å²) >= 11 is 0. The molecule has 16 heteroatoms. The Labute approximate surface area is 361 Å². The summed E-state index contributed by atoms with van der Waals surface area (Å²) in [5, 5.41) is 55.1. The second-order valence-electron chi connectivity index (χ2n) is 20.7. The second kappa shape index (κ2) is 17.6. The molecule has 7 aliphatic rings. The molecule has 0 aliphatic carbocycles. The first-order chi connectivity index (χ1) is 28.5. The summed E-state index contributed by atoms with van der Waals surface area (Å²) in [7, 11) is 3.14. The van der Waals surface area contributed by atoms with Gasteiger partial charge in [0.15, 0.2) is 23.7 Å². The van der Waals surface area contributed by atoms with Crippen molar-refractivity contribution in [2.45, 2.75) is 235 Å². The van der Waals surface area contributed by atoms with E-state index in [1.807, 2.05) is 34.6 Å². The smallest absolute Gasteiger partial charge is 0.308 e. The molecule has 61 heavy (non-hydrogen) atoms. The van der Waals surface area contributed by atoms with Gasteiger partial charge in [-0.1, -0.05) is 34.6 Å². The van der Waals surface area contributed by atoms with Crippen molar-refractivity contribution in [3.05, 3.63) is 0 Å². The van der Waals surface area contributed by atoms with Crippen LogP contribution >= 0.6 is 0 Å². The van der Waals surface area contributed by atoms with Crippen LogP contribution in [0.25, 0.3) is 0 Å². The monoisotopic (exact) mass is 873 g/mol. The molecule has 0 aromatic heterocycles. The second-order valence-corrected chi connectivity index (χ2v) is 20.7. The molecule has 0 aromatic rings. The maximum Gasteiger partial charge on any atom is 0.308 e. The number of ether oxygens (including phenoxy) is 10. The van der Waals surface area contributed by atoms with Gasteiger partial charge >= 0.3 is 5.97 Å². The lowest BCUT2D eigenvalue weighted by molar-refractivity contribution is -0.363. The predicted octanol–water partition coefficient (Wildman–Crippen LogP) is 4.04. The SMILES string of the molecule is COC1CCC(OC2CC(C3O[C@](C)(O)C(C)CC3C)OC2[C@]2(C)CCC([C@]3(C)CC[C@]4(CC(O)C(C)C(C(C)C5O[C@](O)(CC(=O)O)C(C)C(O)C5OC)O4)O3)O2)OC1C. The molecule has 7 saturated heterocycles. The molecule has 23 atom stereocenters. The van der Waals surface area contributed by atoms with E-state index in [-0.39, 0.29) is 54.9 Å². The molecule has 7 rings (SSSR count). The number of carbonyl (C=O) groups is 1. The average Bonchev–Trinajstić information content (AvgIpc) is 3.89. The molecule has 0 amide bonds. The number of rotatable bonds is 11. The molecule has 0 radical (unpaired) electrons. The molecule has 7 fully saturated rings. The van der Waals surface area contributed by atoms with Gasteiger partial charge in [-0.05, 0) is 65.7 Å². The number of aliphatic carboxylic acids is 1. The van der Waals surface area contributed by atoms with E-state index in [9.17, 15) is 30.3 Å². The zero-order chi connectivity index (χ0) is 44.6. The third-order valence-corrected chi connectivity index (χ3v) is 16.2. The molecule has 5 N–H and O–H groups in total. The third kappa shape index (κ3) is 9.09. The van der Waals surface area contributed by atoms with Gasteiger partial charge in [0, 0.05) is 63.6 Å². The van der Waals surface area contributed by atoms with Crippen LogP contribution in [-0.4, -0.2) is 154 Å². The molecule has 1 spiro atoms. The van der Waals surface area contributed by atoms with Crippen LogP contribution < -0.4 is 0 Å². The summed E-state index contributed by atoms with van der Waals surface area (Å²) in [6.45, 7) is 17.3. The van der Waals surface area contributed by atoms with Crippen LogP contribution in [0.1, 0.15) is 127 Å². The van der Waals surface area contributed by atoms with Crippen molar-refractivity contribution in [3.8, 4) is 0 Å². The van der Waals surface area contributed by atoms with Gasteiger partial charge in [-0.15, -0.1) is 0 Å². The Kier molecular flexibility index (Phi) is 13.8. The number of methoxy groups -OCH3 is 2. The molecule has 7 heterocycles. The van der Waals surface area contributed by atoms with Crippen molar-refractivity contribution < 1.29 is 77.7 Å². The van der Waals surface area contributed by atoms with Gasteiger partial charge in [-0.25, -0.2) is 0 Å². The fourth-order valence-corrected chi connectivity index (χ4v) is 12.0. The lowest BCUT2D eigenvalue weighted by Gasteiger charge is -2.53. The topological polar surface area (TPSA) is 211 Å². The van der Waals surface area contributed by atoms with E-state index in [1.54, 1.807) is 14.0 Å². The number of hydrogen-bond donors (Lipinski definition) is 5.